The fraction of sp³-hybridized carbons (Fsp3) is 0.500. The van der Waals surface area contributed by atoms with Crippen molar-refractivity contribution in [1.29, 1.82) is 0 Å². The lowest BCUT2D eigenvalue weighted by atomic mass is 10.1. The Balaban J connectivity index is 2.10. The van der Waals surface area contributed by atoms with E-state index in [0.29, 0.717) is 12.8 Å². The predicted molar refractivity (Wildman–Crippen MR) is 103 cm³/mol. The minimum absolute atomic E-state index is 0.0215. The first-order valence-electron chi connectivity index (χ1n) is 8.74. The molecule has 0 saturated carbocycles. The molecule has 3 N–H and O–H groups in total. The van der Waals surface area contributed by atoms with E-state index in [1.54, 1.807) is 12.1 Å². The number of amides is 2. The summed E-state index contributed by atoms with van der Waals surface area (Å²) in [7, 11) is 1.51. The van der Waals surface area contributed by atoms with Crippen molar-refractivity contribution in [2.45, 2.75) is 38.3 Å². The first-order chi connectivity index (χ1) is 12.7. The molecular weight excluding hydrogens is 393 g/mol. The van der Waals surface area contributed by atoms with Crippen LogP contribution in [0.25, 0.3) is 0 Å². The number of carbonyl (C=O) groups is 3. The third-order valence-corrected chi connectivity index (χ3v) is 5.13. The Bertz CT molecular complexity index is 712. The Labute approximate surface area is 168 Å². The third-order valence-electron chi connectivity index (χ3n) is 4.53. The zero-order valence-corrected chi connectivity index (χ0v) is 16.7. The van der Waals surface area contributed by atoms with E-state index in [1.807, 2.05) is 6.92 Å². The number of nitrogens with zero attached hydrogens (tertiary/aromatic N) is 1. The van der Waals surface area contributed by atoms with Crippen molar-refractivity contribution < 1.29 is 19.5 Å². The van der Waals surface area contributed by atoms with E-state index in [1.165, 1.54) is 11.9 Å². The molecule has 0 aromatic heterocycles. The first-order valence-corrected chi connectivity index (χ1v) is 9.50. The standard InChI is InChI=1S/C18H23Cl2N3O4/c1-3-10-7-11(19)15(12(20)8-10)16(24)22-14(18(26)27)9-23(2)17(25)13-5-4-6-21-13/h7-8,13-14,21H,3-6,9H2,1-2H3,(H,22,24)(H,26,27)/t13-,14-/m0/s1. The minimum Gasteiger partial charge on any atom is -0.480 e. The van der Waals surface area contributed by atoms with Gasteiger partial charge in [-0.05, 0) is 43.5 Å². The highest BCUT2D eigenvalue weighted by Gasteiger charge is 2.30. The average Bonchev–Trinajstić information content (AvgIpc) is 3.14. The third kappa shape index (κ3) is 5.34. The second-order valence-electron chi connectivity index (χ2n) is 6.52. The highest BCUT2D eigenvalue weighted by Crippen LogP contribution is 2.27. The summed E-state index contributed by atoms with van der Waals surface area (Å²) in [5, 5.41) is 15.2. The number of likely N-dealkylation sites (N-methyl/N-ethyl adjacent to an activating group) is 1. The lowest BCUT2D eigenvalue weighted by Gasteiger charge is -2.25. The van der Waals surface area contributed by atoms with Gasteiger partial charge in [0.15, 0.2) is 0 Å². The van der Waals surface area contributed by atoms with Crippen LogP contribution >= 0.6 is 23.2 Å². The average molecular weight is 416 g/mol. The van der Waals surface area contributed by atoms with E-state index in [9.17, 15) is 19.5 Å². The van der Waals surface area contributed by atoms with Crippen LogP contribution in [0.4, 0.5) is 0 Å². The first kappa shape index (κ1) is 21.5. The number of benzene rings is 1. The molecule has 0 bridgehead atoms. The van der Waals surface area contributed by atoms with Gasteiger partial charge in [-0.15, -0.1) is 0 Å². The topological polar surface area (TPSA) is 98.7 Å². The minimum atomic E-state index is -1.29. The molecule has 9 heteroatoms. The fourth-order valence-corrected chi connectivity index (χ4v) is 3.69. The quantitative estimate of drug-likeness (QED) is 0.631. The number of carbonyl (C=O) groups excluding carboxylic acids is 2. The summed E-state index contributed by atoms with van der Waals surface area (Å²) in [6, 6.07) is 1.65. The van der Waals surface area contributed by atoms with Crippen molar-refractivity contribution >= 4 is 41.0 Å². The molecule has 1 aromatic carbocycles. The monoisotopic (exact) mass is 415 g/mol. The Hall–Kier alpha value is -1.83. The summed E-state index contributed by atoms with van der Waals surface area (Å²) in [4.78, 5) is 37.8. The van der Waals surface area contributed by atoms with Crippen LogP contribution in [0.15, 0.2) is 12.1 Å². The fourth-order valence-electron chi connectivity index (χ4n) is 2.99. The molecule has 148 valence electrons. The number of carboxylic acid groups (broad SMARTS) is 1. The van der Waals surface area contributed by atoms with E-state index in [0.717, 1.165) is 18.5 Å². The van der Waals surface area contributed by atoms with Crippen molar-refractivity contribution in [3.63, 3.8) is 0 Å². The molecule has 1 fully saturated rings. The van der Waals surface area contributed by atoms with E-state index in [2.05, 4.69) is 10.6 Å². The molecule has 1 aliphatic rings. The second-order valence-corrected chi connectivity index (χ2v) is 7.33. The number of carboxylic acids is 1. The predicted octanol–water partition coefficient (Wildman–Crippen LogP) is 1.95. The number of halogens is 2. The Morgan fingerprint density at radius 1 is 1.33 bits per heavy atom. The molecule has 7 nitrogen and oxygen atoms in total. The molecule has 1 heterocycles. The van der Waals surface area contributed by atoms with Gasteiger partial charge in [-0.25, -0.2) is 4.79 Å². The number of hydrogen-bond donors (Lipinski definition) is 3. The van der Waals surface area contributed by atoms with Gasteiger partial charge in [0.2, 0.25) is 5.91 Å². The van der Waals surface area contributed by atoms with E-state index >= 15 is 0 Å². The molecule has 1 aromatic rings. The van der Waals surface area contributed by atoms with E-state index in [-0.39, 0.29) is 34.1 Å². The number of aryl methyl sites for hydroxylation is 1. The lowest BCUT2D eigenvalue weighted by molar-refractivity contribution is -0.141. The summed E-state index contributed by atoms with van der Waals surface area (Å²) < 4.78 is 0. The van der Waals surface area contributed by atoms with Crippen LogP contribution in [0.1, 0.15) is 35.7 Å². The van der Waals surface area contributed by atoms with Crippen LogP contribution in [0.2, 0.25) is 10.0 Å². The number of rotatable bonds is 7. The SMILES string of the molecule is CCc1cc(Cl)c(C(=O)N[C@@H](CN(C)C(=O)[C@@H]2CCCN2)C(=O)O)c(Cl)c1. The Morgan fingerprint density at radius 3 is 2.44 bits per heavy atom. The second kappa shape index (κ2) is 9.39. The molecule has 0 unspecified atom stereocenters. The molecule has 0 radical (unpaired) electrons. The van der Waals surface area contributed by atoms with Crippen molar-refractivity contribution in [3.05, 3.63) is 33.3 Å². The molecular formula is C18H23Cl2N3O4. The number of nitrogens with one attached hydrogen (secondary N) is 2. The summed E-state index contributed by atoms with van der Waals surface area (Å²) in [5.74, 6) is -2.14. The molecule has 0 spiro atoms. The zero-order chi connectivity index (χ0) is 20.1. The van der Waals surface area contributed by atoms with Crippen LogP contribution in [0.3, 0.4) is 0 Å². The maximum Gasteiger partial charge on any atom is 0.328 e. The van der Waals surface area contributed by atoms with Crippen LogP contribution in [0, 0.1) is 0 Å². The molecule has 2 amide bonds. The van der Waals surface area contributed by atoms with Crippen molar-refractivity contribution in [1.82, 2.24) is 15.5 Å². The highest BCUT2D eigenvalue weighted by atomic mass is 35.5. The smallest absolute Gasteiger partial charge is 0.328 e. The molecule has 1 saturated heterocycles. The molecule has 2 atom stereocenters. The molecule has 0 aliphatic carbocycles. The number of aliphatic carboxylic acids is 1. The summed E-state index contributed by atoms with van der Waals surface area (Å²) >= 11 is 12.3. The van der Waals surface area contributed by atoms with Crippen LogP contribution in [-0.4, -0.2) is 60.0 Å². The van der Waals surface area contributed by atoms with Gasteiger partial charge in [-0.3, -0.25) is 9.59 Å². The van der Waals surface area contributed by atoms with Crippen molar-refractivity contribution in [2.24, 2.45) is 0 Å². The van der Waals surface area contributed by atoms with Crippen LogP contribution < -0.4 is 10.6 Å². The molecule has 1 aliphatic heterocycles. The maximum atomic E-state index is 12.5. The normalized spacial score (nSPS) is 17.4. The van der Waals surface area contributed by atoms with Gasteiger partial charge >= 0.3 is 5.97 Å². The van der Waals surface area contributed by atoms with Gasteiger partial charge < -0.3 is 20.6 Å². The summed E-state index contributed by atoms with van der Waals surface area (Å²) in [5.41, 5.74) is 0.888. The summed E-state index contributed by atoms with van der Waals surface area (Å²) in [6.07, 6.45) is 2.30. The van der Waals surface area contributed by atoms with Gasteiger partial charge in [0.05, 0.1) is 28.2 Å². The van der Waals surface area contributed by atoms with Gasteiger partial charge in [-0.2, -0.15) is 0 Å². The van der Waals surface area contributed by atoms with Crippen molar-refractivity contribution in [3.8, 4) is 0 Å². The largest absolute Gasteiger partial charge is 0.480 e. The van der Waals surface area contributed by atoms with Gasteiger partial charge in [0.1, 0.15) is 6.04 Å². The van der Waals surface area contributed by atoms with Crippen LogP contribution in [-0.2, 0) is 16.0 Å². The van der Waals surface area contributed by atoms with E-state index in [4.69, 9.17) is 23.2 Å². The molecule has 2 rings (SSSR count). The maximum absolute atomic E-state index is 12.5. The summed E-state index contributed by atoms with van der Waals surface area (Å²) in [6.45, 7) is 2.52. The van der Waals surface area contributed by atoms with Gasteiger partial charge in [0.25, 0.3) is 5.91 Å². The van der Waals surface area contributed by atoms with Gasteiger partial charge in [0, 0.05) is 7.05 Å². The van der Waals surface area contributed by atoms with E-state index < -0.39 is 17.9 Å². The van der Waals surface area contributed by atoms with Gasteiger partial charge in [-0.1, -0.05) is 30.1 Å². The lowest BCUT2D eigenvalue weighted by Crippen LogP contribution is -2.51. The Morgan fingerprint density at radius 2 is 1.96 bits per heavy atom. The Kier molecular flexibility index (Phi) is 7.47. The highest BCUT2D eigenvalue weighted by molar-refractivity contribution is 6.39. The van der Waals surface area contributed by atoms with Crippen molar-refractivity contribution in [2.75, 3.05) is 20.1 Å². The van der Waals surface area contributed by atoms with Crippen LogP contribution in [0.5, 0.6) is 0 Å². The molecule has 27 heavy (non-hydrogen) atoms. The zero-order valence-electron chi connectivity index (χ0n) is 15.2. The number of hydrogen-bond acceptors (Lipinski definition) is 4.